The third-order valence-corrected chi connectivity index (χ3v) is 3.81. The average molecular weight is 365 g/mol. The number of ether oxygens (including phenoxy) is 2. The number of carbonyl (C=O) groups is 2. The predicted octanol–water partition coefficient (Wildman–Crippen LogP) is 2.80. The van der Waals surface area contributed by atoms with Crippen molar-refractivity contribution in [3.8, 4) is 0 Å². The van der Waals surface area contributed by atoms with Crippen molar-refractivity contribution in [1.29, 1.82) is 0 Å². The van der Waals surface area contributed by atoms with E-state index in [4.69, 9.17) is 4.74 Å². The van der Waals surface area contributed by atoms with Crippen LogP contribution >= 0.6 is 0 Å². The van der Waals surface area contributed by atoms with Gasteiger partial charge in [-0.2, -0.15) is 0 Å². The largest absolute Gasteiger partial charge is 0.465 e. The zero-order chi connectivity index (χ0) is 19.5. The van der Waals surface area contributed by atoms with Gasteiger partial charge in [-0.1, -0.05) is 0 Å². The number of methoxy groups -OCH3 is 1. The van der Waals surface area contributed by atoms with Gasteiger partial charge in [-0.05, 0) is 39.3 Å². The molecule has 1 saturated heterocycles. The maximum atomic E-state index is 12.1. The molecule has 9 heteroatoms. The zero-order valence-corrected chi connectivity index (χ0v) is 15.3. The van der Waals surface area contributed by atoms with E-state index in [9.17, 15) is 19.7 Å². The third-order valence-electron chi connectivity index (χ3n) is 3.81. The summed E-state index contributed by atoms with van der Waals surface area (Å²) in [5, 5.41) is 14.3. The number of anilines is 1. The second kappa shape index (κ2) is 7.59. The van der Waals surface area contributed by atoms with Crippen LogP contribution in [0.5, 0.6) is 0 Å². The molecule has 0 unspecified atom stereocenters. The molecule has 26 heavy (non-hydrogen) atoms. The highest BCUT2D eigenvalue weighted by Crippen LogP contribution is 2.28. The van der Waals surface area contributed by atoms with E-state index in [1.807, 2.05) is 0 Å². The lowest BCUT2D eigenvalue weighted by molar-refractivity contribution is -0.384. The molecule has 0 aliphatic carbocycles. The Morgan fingerprint density at radius 2 is 2.04 bits per heavy atom. The first-order valence-electron chi connectivity index (χ1n) is 8.22. The maximum Gasteiger partial charge on any atom is 0.410 e. The van der Waals surface area contributed by atoms with Crippen molar-refractivity contribution >= 4 is 23.4 Å². The molecule has 0 aromatic heterocycles. The zero-order valence-electron chi connectivity index (χ0n) is 15.3. The van der Waals surface area contributed by atoms with Crippen LogP contribution in [0.15, 0.2) is 18.2 Å². The Labute approximate surface area is 151 Å². The number of carbonyl (C=O) groups excluding carboxylic acids is 2. The van der Waals surface area contributed by atoms with Crippen LogP contribution in [0.3, 0.4) is 0 Å². The van der Waals surface area contributed by atoms with Crippen molar-refractivity contribution in [2.45, 2.75) is 38.8 Å². The molecule has 2 rings (SSSR count). The van der Waals surface area contributed by atoms with Crippen LogP contribution in [-0.2, 0) is 9.47 Å². The van der Waals surface area contributed by atoms with Gasteiger partial charge >= 0.3 is 12.1 Å². The summed E-state index contributed by atoms with van der Waals surface area (Å²) >= 11 is 0. The quantitative estimate of drug-likeness (QED) is 0.496. The highest BCUT2D eigenvalue weighted by atomic mass is 16.6. The highest BCUT2D eigenvalue weighted by Gasteiger charge is 2.31. The molecule has 1 heterocycles. The SMILES string of the molecule is COC(=O)c1ccc([N+](=O)[O-])c(N[C@H]2CCN(C(=O)OC(C)(C)C)C2)c1. The normalized spacial score (nSPS) is 16.9. The molecule has 1 aromatic carbocycles. The summed E-state index contributed by atoms with van der Waals surface area (Å²) in [7, 11) is 1.24. The first kappa shape index (κ1) is 19.5. The Bertz CT molecular complexity index is 713. The van der Waals surface area contributed by atoms with E-state index in [0.717, 1.165) is 0 Å². The minimum absolute atomic E-state index is 0.145. The molecule has 1 fully saturated rings. The fourth-order valence-corrected chi connectivity index (χ4v) is 2.65. The molecule has 1 aliphatic heterocycles. The van der Waals surface area contributed by atoms with Crippen LogP contribution in [0.25, 0.3) is 0 Å². The molecule has 142 valence electrons. The molecular weight excluding hydrogens is 342 g/mol. The molecule has 0 saturated carbocycles. The second-order valence-corrected chi connectivity index (χ2v) is 7.04. The summed E-state index contributed by atoms with van der Waals surface area (Å²) in [5.74, 6) is -0.579. The third kappa shape index (κ3) is 4.84. The van der Waals surface area contributed by atoms with Crippen molar-refractivity contribution < 1.29 is 24.0 Å². The molecule has 1 atom stereocenters. The second-order valence-electron chi connectivity index (χ2n) is 7.04. The Morgan fingerprint density at radius 1 is 1.35 bits per heavy atom. The number of amides is 1. The summed E-state index contributed by atoms with van der Waals surface area (Å²) in [5.41, 5.74) is -0.305. The van der Waals surface area contributed by atoms with E-state index in [-0.39, 0.29) is 23.0 Å². The molecule has 0 radical (unpaired) electrons. The molecular formula is C17H23N3O6. The van der Waals surface area contributed by atoms with E-state index in [2.05, 4.69) is 10.1 Å². The van der Waals surface area contributed by atoms with E-state index in [0.29, 0.717) is 19.5 Å². The fourth-order valence-electron chi connectivity index (χ4n) is 2.65. The number of benzene rings is 1. The van der Waals surface area contributed by atoms with Gasteiger partial charge in [-0.25, -0.2) is 9.59 Å². The van der Waals surface area contributed by atoms with E-state index in [1.54, 1.807) is 25.7 Å². The van der Waals surface area contributed by atoms with Gasteiger partial charge < -0.3 is 19.7 Å². The van der Waals surface area contributed by atoms with Gasteiger partial charge in [0, 0.05) is 25.2 Å². The lowest BCUT2D eigenvalue weighted by Gasteiger charge is -2.24. The number of likely N-dealkylation sites (tertiary alicyclic amines) is 1. The van der Waals surface area contributed by atoms with Crippen LogP contribution in [0.4, 0.5) is 16.2 Å². The van der Waals surface area contributed by atoms with Crippen molar-refractivity contribution in [1.82, 2.24) is 4.90 Å². The predicted molar refractivity (Wildman–Crippen MR) is 94.3 cm³/mol. The van der Waals surface area contributed by atoms with Gasteiger partial charge in [-0.3, -0.25) is 10.1 Å². The monoisotopic (exact) mass is 365 g/mol. The minimum atomic E-state index is -0.587. The molecule has 9 nitrogen and oxygen atoms in total. The highest BCUT2D eigenvalue weighted by molar-refractivity contribution is 5.91. The van der Waals surface area contributed by atoms with Crippen LogP contribution < -0.4 is 5.32 Å². The van der Waals surface area contributed by atoms with Crippen molar-refractivity contribution in [3.05, 3.63) is 33.9 Å². The fraction of sp³-hybridized carbons (Fsp3) is 0.529. The number of rotatable bonds is 4. The molecule has 0 spiro atoms. The first-order chi connectivity index (χ1) is 12.1. The number of hydrogen-bond donors (Lipinski definition) is 1. The number of nitrogens with zero attached hydrogens (tertiary/aromatic N) is 2. The molecule has 1 N–H and O–H groups in total. The van der Waals surface area contributed by atoms with Gasteiger partial charge in [0.15, 0.2) is 0 Å². The van der Waals surface area contributed by atoms with Crippen molar-refractivity contribution in [3.63, 3.8) is 0 Å². The molecule has 1 aromatic rings. The van der Waals surface area contributed by atoms with Crippen molar-refractivity contribution in [2.24, 2.45) is 0 Å². The van der Waals surface area contributed by atoms with Crippen LogP contribution in [0.1, 0.15) is 37.6 Å². The topological polar surface area (TPSA) is 111 Å². The summed E-state index contributed by atoms with van der Waals surface area (Å²) < 4.78 is 9.99. The standard InChI is InChI=1S/C17H23N3O6/c1-17(2,3)26-16(22)19-8-7-12(10-19)18-13-9-11(15(21)25-4)5-6-14(13)20(23)24/h5-6,9,12,18H,7-8,10H2,1-4H3/t12-/m0/s1. The van der Waals surface area contributed by atoms with Crippen LogP contribution in [-0.4, -0.2) is 53.7 Å². The van der Waals surface area contributed by atoms with Crippen LogP contribution in [0.2, 0.25) is 0 Å². The number of nitro benzene ring substituents is 1. The lowest BCUT2D eigenvalue weighted by Crippen LogP contribution is -2.36. The van der Waals surface area contributed by atoms with Crippen molar-refractivity contribution in [2.75, 3.05) is 25.5 Å². The number of esters is 1. The number of nitrogens with one attached hydrogen (secondary N) is 1. The Kier molecular flexibility index (Phi) is 5.69. The van der Waals surface area contributed by atoms with Crippen LogP contribution in [0, 0.1) is 10.1 Å². The molecule has 0 bridgehead atoms. The smallest absolute Gasteiger partial charge is 0.410 e. The summed E-state index contributed by atoms with van der Waals surface area (Å²) in [6.07, 6.45) is 0.193. The lowest BCUT2D eigenvalue weighted by atomic mass is 10.1. The Hall–Kier alpha value is -2.84. The molecule has 1 aliphatic rings. The summed E-state index contributed by atoms with van der Waals surface area (Å²) in [4.78, 5) is 36.1. The minimum Gasteiger partial charge on any atom is -0.465 e. The number of nitro groups is 1. The van der Waals surface area contributed by atoms with Gasteiger partial charge in [0.1, 0.15) is 11.3 Å². The van der Waals surface area contributed by atoms with Gasteiger partial charge in [0.05, 0.1) is 17.6 Å². The Balaban J connectivity index is 2.12. The summed E-state index contributed by atoms with van der Waals surface area (Å²) in [6, 6.07) is 3.81. The van der Waals surface area contributed by atoms with Gasteiger partial charge in [0.2, 0.25) is 0 Å². The maximum absolute atomic E-state index is 12.1. The van der Waals surface area contributed by atoms with Gasteiger partial charge in [-0.15, -0.1) is 0 Å². The van der Waals surface area contributed by atoms with E-state index >= 15 is 0 Å². The first-order valence-corrected chi connectivity index (χ1v) is 8.22. The summed E-state index contributed by atoms with van der Waals surface area (Å²) in [6.45, 7) is 6.21. The Morgan fingerprint density at radius 3 is 2.62 bits per heavy atom. The van der Waals surface area contributed by atoms with E-state index in [1.165, 1.54) is 25.3 Å². The number of hydrogen-bond acceptors (Lipinski definition) is 7. The van der Waals surface area contributed by atoms with E-state index < -0.39 is 22.6 Å². The molecule has 1 amide bonds. The van der Waals surface area contributed by atoms with Gasteiger partial charge in [0.25, 0.3) is 5.69 Å². The average Bonchev–Trinajstić information content (AvgIpc) is 3.01.